The summed E-state index contributed by atoms with van der Waals surface area (Å²) in [5.41, 5.74) is 0. The second kappa shape index (κ2) is 11.9. The standard InChI is InChI=1S/C20H35N5/c1-3-5-8-18(4-2)17-25(15-6-9-19-21-11-12-22-19)16-7-10-20-23-13-14-24-20/h11-14,18H,3-10,15-17H2,1-2H3,(H,21,22)(H,23,24). The van der Waals surface area contributed by atoms with Crippen molar-refractivity contribution in [2.45, 2.75) is 65.2 Å². The lowest BCUT2D eigenvalue weighted by Gasteiger charge is -2.27. The fourth-order valence-electron chi connectivity index (χ4n) is 3.39. The maximum Gasteiger partial charge on any atom is 0.106 e. The van der Waals surface area contributed by atoms with Crippen LogP contribution in [0, 0.1) is 5.92 Å². The van der Waals surface area contributed by atoms with E-state index in [9.17, 15) is 0 Å². The maximum atomic E-state index is 4.34. The number of imidazole rings is 2. The van der Waals surface area contributed by atoms with Gasteiger partial charge in [-0.2, -0.15) is 0 Å². The second-order valence-corrected chi connectivity index (χ2v) is 7.00. The van der Waals surface area contributed by atoms with Gasteiger partial charge in [0.25, 0.3) is 0 Å². The molecule has 0 aliphatic heterocycles. The second-order valence-electron chi connectivity index (χ2n) is 7.00. The third-order valence-corrected chi connectivity index (χ3v) is 4.95. The van der Waals surface area contributed by atoms with E-state index in [0.29, 0.717) is 0 Å². The molecule has 1 unspecified atom stereocenters. The molecule has 140 valence electrons. The van der Waals surface area contributed by atoms with E-state index in [2.05, 4.69) is 38.7 Å². The van der Waals surface area contributed by atoms with E-state index in [1.807, 2.05) is 24.8 Å². The van der Waals surface area contributed by atoms with Gasteiger partial charge in [0.2, 0.25) is 0 Å². The number of aryl methyl sites for hydroxylation is 2. The summed E-state index contributed by atoms with van der Waals surface area (Å²) in [6.07, 6.45) is 17.2. The van der Waals surface area contributed by atoms with Crippen molar-refractivity contribution in [3.8, 4) is 0 Å². The third-order valence-electron chi connectivity index (χ3n) is 4.95. The molecule has 0 spiro atoms. The highest BCUT2D eigenvalue weighted by atomic mass is 15.1. The summed E-state index contributed by atoms with van der Waals surface area (Å²) in [5.74, 6) is 3.04. The molecule has 0 radical (unpaired) electrons. The molecule has 0 aliphatic rings. The van der Waals surface area contributed by atoms with Gasteiger partial charge >= 0.3 is 0 Å². The zero-order valence-electron chi connectivity index (χ0n) is 16.0. The van der Waals surface area contributed by atoms with Crippen molar-refractivity contribution in [1.82, 2.24) is 24.8 Å². The fraction of sp³-hybridized carbons (Fsp3) is 0.700. The lowest BCUT2D eigenvalue weighted by atomic mass is 9.98. The number of aromatic nitrogens is 4. The smallest absolute Gasteiger partial charge is 0.106 e. The van der Waals surface area contributed by atoms with E-state index >= 15 is 0 Å². The Hall–Kier alpha value is -1.62. The Kier molecular flexibility index (Phi) is 9.34. The average molecular weight is 346 g/mol. The van der Waals surface area contributed by atoms with Crippen LogP contribution in [0.4, 0.5) is 0 Å². The van der Waals surface area contributed by atoms with E-state index in [-0.39, 0.29) is 0 Å². The molecular formula is C20H35N5. The Morgan fingerprint density at radius 2 is 1.52 bits per heavy atom. The van der Waals surface area contributed by atoms with Crippen LogP contribution >= 0.6 is 0 Å². The topological polar surface area (TPSA) is 60.6 Å². The van der Waals surface area contributed by atoms with Crippen LogP contribution in [-0.2, 0) is 12.8 Å². The Balaban J connectivity index is 1.77. The molecule has 2 rings (SSSR count). The van der Waals surface area contributed by atoms with Crippen molar-refractivity contribution >= 4 is 0 Å². The van der Waals surface area contributed by atoms with Crippen LogP contribution in [0.25, 0.3) is 0 Å². The first-order chi connectivity index (χ1) is 12.3. The predicted molar refractivity (Wildman–Crippen MR) is 104 cm³/mol. The van der Waals surface area contributed by atoms with Crippen molar-refractivity contribution in [3.05, 3.63) is 36.4 Å². The largest absolute Gasteiger partial charge is 0.349 e. The van der Waals surface area contributed by atoms with Crippen molar-refractivity contribution in [2.24, 2.45) is 5.92 Å². The minimum atomic E-state index is 0.826. The zero-order chi connectivity index (χ0) is 17.7. The highest BCUT2D eigenvalue weighted by Gasteiger charge is 2.13. The molecule has 0 fully saturated rings. The molecule has 2 N–H and O–H groups in total. The molecule has 2 aromatic rings. The maximum absolute atomic E-state index is 4.34. The third kappa shape index (κ3) is 7.86. The molecule has 0 aromatic carbocycles. The first kappa shape index (κ1) is 19.7. The van der Waals surface area contributed by atoms with Gasteiger partial charge in [-0.3, -0.25) is 0 Å². The summed E-state index contributed by atoms with van der Waals surface area (Å²) >= 11 is 0. The molecule has 5 nitrogen and oxygen atoms in total. The van der Waals surface area contributed by atoms with Gasteiger partial charge < -0.3 is 14.9 Å². The monoisotopic (exact) mass is 345 g/mol. The van der Waals surface area contributed by atoms with Gasteiger partial charge in [0, 0.05) is 44.2 Å². The SMILES string of the molecule is CCCCC(CC)CN(CCCc1ncc[nH]1)CCCc1ncc[nH]1. The Morgan fingerprint density at radius 3 is 1.96 bits per heavy atom. The quantitative estimate of drug-likeness (QED) is 0.539. The zero-order valence-corrected chi connectivity index (χ0v) is 16.0. The lowest BCUT2D eigenvalue weighted by molar-refractivity contribution is 0.213. The average Bonchev–Trinajstić information content (AvgIpc) is 3.32. The molecule has 0 saturated carbocycles. The molecule has 25 heavy (non-hydrogen) atoms. The number of unbranched alkanes of at least 4 members (excludes halogenated alkanes) is 1. The van der Waals surface area contributed by atoms with E-state index < -0.39 is 0 Å². The minimum absolute atomic E-state index is 0.826. The summed E-state index contributed by atoms with van der Waals surface area (Å²) in [6.45, 7) is 8.16. The van der Waals surface area contributed by atoms with Gasteiger partial charge in [0.05, 0.1) is 0 Å². The van der Waals surface area contributed by atoms with Crippen LogP contribution in [-0.4, -0.2) is 44.5 Å². The summed E-state index contributed by atoms with van der Waals surface area (Å²) in [5, 5.41) is 0. The first-order valence-electron chi connectivity index (χ1n) is 10.0. The molecule has 0 aliphatic carbocycles. The molecule has 0 saturated heterocycles. The Morgan fingerprint density at radius 1 is 0.920 bits per heavy atom. The highest BCUT2D eigenvalue weighted by molar-refractivity contribution is 4.88. The fourth-order valence-corrected chi connectivity index (χ4v) is 3.39. The van der Waals surface area contributed by atoms with Crippen LogP contribution in [0.3, 0.4) is 0 Å². The number of hydrogen-bond donors (Lipinski definition) is 2. The van der Waals surface area contributed by atoms with E-state index in [4.69, 9.17) is 0 Å². The summed E-state index contributed by atoms with van der Waals surface area (Å²) in [4.78, 5) is 17.8. The van der Waals surface area contributed by atoms with Crippen molar-refractivity contribution in [2.75, 3.05) is 19.6 Å². The van der Waals surface area contributed by atoms with E-state index in [0.717, 1.165) is 43.5 Å². The van der Waals surface area contributed by atoms with Crippen molar-refractivity contribution in [3.63, 3.8) is 0 Å². The van der Waals surface area contributed by atoms with Crippen LogP contribution in [0.5, 0.6) is 0 Å². The summed E-state index contributed by atoms with van der Waals surface area (Å²) in [7, 11) is 0. The molecular weight excluding hydrogens is 310 g/mol. The molecule has 0 amide bonds. The van der Waals surface area contributed by atoms with Crippen molar-refractivity contribution in [1.29, 1.82) is 0 Å². The molecule has 5 heteroatoms. The number of hydrogen-bond acceptors (Lipinski definition) is 3. The lowest BCUT2D eigenvalue weighted by Crippen LogP contribution is -2.32. The normalized spacial score (nSPS) is 12.8. The molecule has 2 heterocycles. The van der Waals surface area contributed by atoms with Crippen molar-refractivity contribution < 1.29 is 0 Å². The summed E-state index contributed by atoms with van der Waals surface area (Å²) in [6, 6.07) is 0. The predicted octanol–water partition coefficient (Wildman–Crippen LogP) is 4.22. The number of aromatic amines is 2. The number of nitrogens with zero attached hydrogens (tertiary/aromatic N) is 3. The minimum Gasteiger partial charge on any atom is -0.349 e. The van der Waals surface area contributed by atoms with Gasteiger partial charge in [0.1, 0.15) is 11.6 Å². The van der Waals surface area contributed by atoms with E-state index in [1.165, 1.54) is 45.1 Å². The number of nitrogens with one attached hydrogen (secondary N) is 2. The number of H-pyrrole nitrogens is 2. The molecule has 2 aromatic heterocycles. The number of rotatable bonds is 14. The van der Waals surface area contributed by atoms with Crippen LogP contribution < -0.4 is 0 Å². The summed E-state index contributed by atoms with van der Waals surface area (Å²) < 4.78 is 0. The molecule has 1 atom stereocenters. The highest BCUT2D eigenvalue weighted by Crippen LogP contribution is 2.15. The van der Waals surface area contributed by atoms with Crippen LogP contribution in [0.1, 0.15) is 64.0 Å². The van der Waals surface area contributed by atoms with E-state index in [1.54, 1.807) is 0 Å². The van der Waals surface area contributed by atoms with Crippen LogP contribution in [0.15, 0.2) is 24.8 Å². The van der Waals surface area contributed by atoms with Gasteiger partial charge in [0.15, 0.2) is 0 Å². The van der Waals surface area contributed by atoms with Gasteiger partial charge in [-0.1, -0.05) is 33.1 Å². The van der Waals surface area contributed by atoms with Gasteiger partial charge in [-0.05, 0) is 38.3 Å². The van der Waals surface area contributed by atoms with Crippen LogP contribution in [0.2, 0.25) is 0 Å². The first-order valence-corrected chi connectivity index (χ1v) is 10.0. The Labute approximate surface area is 152 Å². The Bertz CT molecular complexity index is 480. The van der Waals surface area contributed by atoms with Gasteiger partial charge in [-0.25, -0.2) is 9.97 Å². The van der Waals surface area contributed by atoms with Gasteiger partial charge in [-0.15, -0.1) is 0 Å². The molecule has 0 bridgehead atoms.